The van der Waals surface area contributed by atoms with Gasteiger partial charge in [0.1, 0.15) is 9.96 Å². The maximum atomic E-state index is 12.1. The summed E-state index contributed by atoms with van der Waals surface area (Å²) >= 11 is 1.28. The Morgan fingerprint density at radius 1 is 1.19 bits per heavy atom. The van der Waals surface area contributed by atoms with Crippen molar-refractivity contribution >= 4 is 21.4 Å². The van der Waals surface area contributed by atoms with Crippen LogP contribution in [0.2, 0.25) is 0 Å². The highest BCUT2D eigenvalue weighted by Crippen LogP contribution is 2.22. The van der Waals surface area contributed by atoms with E-state index in [1.54, 1.807) is 13.2 Å². The molecular formula is C15H19NO3S2. The van der Waals surface area contributed by atoms with Gasteiger partial charge in [0.25, 0.3) is 0 Å². The molecule has 0 saturated heterocycles. The molecule has 114 valence electrons. The molecule has 4 nitrogen and oxygen atoms in total. The summed E-state index contributed by atoms with van der Waals surface area (Å²) in [6.45, 7) is 4.24. The lowest BCUT2D eigenvalue weighted by Gasteiger charge is -2.10. The molecule has 1 N–H and O–H groups in total. The van der Waals surface area contributed by atoms with E-state index in [0.29, 0.717) is 17.2 Å². The molecule has 0 atom stereocenters. The maximum absolute atomic E-state index is 12.1. The van der Waals surface area contributed by atoms with Gasteiger partial charge < -0.3 is 4.74 Å². The normalized spacial score (nSPS) is 11.6. The van der Waals surface area contributed by atoms with Gasteiger partial charge in [0, 0.05) is 11.4 Å². The SMILES string of the molecule is COc1ccc(C)cc1CCNS(=O)(=O)c1ccc(C)s1. The summed E-state index contributed by atoms with van der Waals surface area (Å²) in [6.07, 6.45) is 0.592. The van der Waals surface area contributed by atoms with Crippen molar-refractivity contribution in [3.05, 3.63) is 46.3 Å². The Morgan fingerprint density at radius 2 is 1.95 bits per heavy atom. The minimum Gasteiger partial charge on any atom is -0.496 e. The Balaban J connectivity index is 2.03. The van der Waals surface area contributed by atoms with Crippen LogP contribution in [0.15, 0.2) is 34.5 Å². The number of rotatable bonds is 6. The first-order chi connectivity index (χ1) is 9.92. The Labute approximate surface area is 129 Å². The van der Waals surface area contributed by atoms with Gasteiger partial charge in [0.15, 0.2) is 0 Å². The third-order valence-corrected chi connectivity index (χ3v) is 6.06. The van der Waals surface area contributed by atoms with Crippen LogP contribution in [0.1, 0.15) is 16.0 Å². The molecule has 0 bridgehead atoms. The van der Waals surface area contributed by atoms with E-state index < -0.39 is 10.0 Å². The van der Waals surface area contributed by atoms with E-state index in [9.17, 15) is 8.42 Å². The van der Waals surface area contributed by atoms with E-state index in [-0.39, 0.29) is 0 Å². The summed E-state index contributed by atoms with van der Waals surface area (Å²) in [5.74, 6) is 0.784. The van der Waals surface area contributed by atoms with E-state index in [1.807, 2.05) is 38.1 Å². The van der Waals surface area contributed by atoms with Gasteiger partial charge >= 0.3 is 0 Å². The summed E-state index contributed by atoms with van der Waals surface area (Å²) < 4.78 is 32.5. The van der Waals surface area contributed by atoms with Crippen molar-refractivity contribution in [1.29, 1.82) is 0 Å². The van der Waals surface area contributed by atoms with Crippen molar-refractivity contribution in [2.45, 2.75) is 24.5 Å². The fourth-order valence-corrected chi connectivity index (χ4v) is 4.41. The van der Waals surface area contributed by atoms with Crippen LogP contribution >= 0.6 is 11.3 Å². The van der Waals surface area contributed by atoms with Crippen molar-refractivity contribution in [3.63, 3.8) is 0 Å². The van der Waals surface area contributed by atoms with Gasteiger partial charge in [-0.05, 0) is 44.0 Å². The Hall–Kier alpha value is -1.37. The first kappa shape index (κ1) is 16.0. The van der Waals surface area contributed by atoms with Gasteiger partial charge in [0.05, 0.1) is 7.11 Å². The summed E-state index contributed by atoms with van der Waals surface area (Å²) in [7, 11) is -1.79. The molecule has 6 heteroatoms. The van der Waals surface area contributed by atoms with Gasteiger partial charge in [-0.1, -0.05) is 17.7 Å². The summed E-state index contributed by atoms with van der Waals surface area (Å²) in [6, 6.07) is 9.34. The van der Waals surface area contributed by atoms with Gasteiger partial charge in [-0.15, -0.1) is 11.3 Å². The highest BCUT2D eigenvalue weighted by molar-refractivity contribution is 7.91. The number of methoxy groups -OCH3 is 1. The van der Waals surface area contributed by atoms with Crippen LogP contribution in [0, 0.1) is 13.8 Å². The van der Waals surface area contributed by atoms with Gasteiger partial charge in [-0.2, -0.15) is 0 Å². The van der Waals surface area contributed by atoms with E-state index in [0.717, 1.165) is 21.8 Å². The summed E-state index contributed by atoms with van der Waals surface area (Å²) in [5.41, 5.74) is 2.13. The zero-order chi connectivity index (χ0) is 15.5. The highest BCUT2D eigenvalue weighted by Gasteiger charge is 2.15. The molecule has 0 aliphatic rings. The third-order valence-electron chi connectivity index (χ3n) is 3.10. The number of benzene rings is 1. The zero-order valence-electron chi connectivity index (χ0n) is 12.3. The van der Waals surface area contributed by atoms with Gasteiger partial charge in [-0.3, -0.25) is 0 Å². The number of nitrogens with one attached hydrogen (secondary N) is 1. The van der Waals surface area contributed by atoms with Crippen molar-refractivity contribution < 1.29 is 13.2 Å². The molecule has 0 fully saturated rings. The highest BCUT2D eigenvalue weighted by atomic mass is 32.2. The number of hydrogen-bond acceptors (Lipinski definition) is 4. The first-order valence-corrected chi connectivity index (χ1v) is 8.92. The number of ether oxygens (including phenoxy) is 1. The average Bonchev–Trinajstić information content (AvgIpc) is 2.86. The predicted octanol–water partition coefficient (Wildman–Crippen LogP) is 2.89. The van der Waals surface area contributed by atoms with Crippen molar-refractivity contribution in [2.75, 3.05) is 13.7 Å². The van der Waals surface area contributed by atoms with Crippen LogP contribution in [0.25, 0.3) is 0 Å². The standard InChI is InChI=1S/C15H19NO3S2/c1-11-4-6-14(19-3)13(10-11)8-9-16-21(17,18)15-7-5-12(2)20-15/h4-7,10,16H,8-9H2,1-3H3. The van der Waals surface area contributed by atoms with E-state index in [1.165, 1.54) is 11.3 Å². The molecule has 0 amide bonds. The quantitative estimate of drug-likeness (QED) is 0.888. The van der Waals surface area contributed by atoms with E-state index in [4.69, 9.17) is 4.74 Å². The number of sulfonamides is 1. The van der Waals surface area contributed by atoms with Crippen molar-refractivity contribution in [1.82, 2.24) is 4.72 Å². The van der Waals surface area contributed by atoms with Crippen molar-refractivity contribution in [2.24, 2.45) is 0 Å². The Kier molecular flexibility index (Phi) is 5.03. The number of aryl methyl sites for hydroxylation is 2. The van der Waals surface area contributed by atoms with E-state index >= 15 is 0 Å². The maximum Gasteiger partial charge on any atom is 0.250 e. The monoisotopic (exact) mass is 325 g/mol. The molecule has 0 aliphatic heterocycles. The molecule has 1 aromatic carbocycles. The lowest BCUT2D eigenvalue weighted by atomic mass is 10.1. The molecule has 1 aromatic heterocycles. The lowest BCUT2D eigenvalue weighted by Crippen LogP contribution is -2.25. The molecule has 0 spiro atoms. The molecule has 0 unspecified atom stereocenters. The van der Waals surface area contributed by atoms with Gasteiger partial charge in [-0.25, -0.2) is 13.1 Å². The average molecular weight is 325 g/mol. The van der Waals surface area contributed by atoms with Crippen LogP contribution in [0.3, 0.4) is 0 Å². The minimum atomic E-state index is -3.41. The molecule has 0 saturated carbocycles. The zero-order valence-corrected chi connectivity index (χ0v) is 14.0. The molecule has 0 aliphatic carbocycles. The van der Waals surface area contributed by atoms with Crippen LogP contribution in [0.4, 0.5) is 0 Å². The Morgan fingerprint density at radius 3 is 2.57 bits per heavy atom. The van der Waals surface area contributed by atoms with Crippen LogP contribution < -0.4 is 9.46 Å². The molecule has 21 heavy (non-hydrogen) atoms. The van der Waals surface area contributed by atoms with Crippen LogP contribution in [0.5, 0.6) is 5.75 Å². The summed E-state index contributed by atoms with van der Waals surface area (Å²) in [5, 5.41) is 0. The number of thiophene rings is 1. The van der Waals surface area contributed by atoms with E-state index in [2.05, 4.69) is 4.72 Å². The molecule has 2 aromatic rings. The third kappa shape index (κ3) is 4.06. The first-order valence-electron chi connectivity index (χ1n) is 6.62. The van der Waals surface area contributed by atoms with Crippen LogP contribution in [-0.2, 0) is 16.4 Å². The fraction of sp³-hybridized carbons (Fsp3) is 0.333. The lowest BCUT2D eigenvalue weighted by molar-refractivity contribution is 0.409. The molecular weight excluding hydrogens is 306 g/mol. The van der Waals surface area contributed by atoms with Crippen LogP contribution in [-0.4, -0.2) is 22.1 Å². The van der Waals surface area contributed by atoms with Crippen molar-refractivity contribution in [3.8, 4) is 5.75 Å². The molecule has 0 radical (unpaired) electrons. The summed E-state index contributed by atoms with van der Waals surface area (Å²) in [4.78, 5) is 0.982. The second kappa shape index (κ2) is 6.60. The fourth-order valence-electron chi connectivity index (χ4n) is 2.05. The minimum absolute atomic E-state index is 0.346. The second-order valence-electron chi connectivity index (χ2n) is 4.83. The second-order valence-corrected chi connectivity index (χ2v) is 8.11. The van der Waals surface area contributed by atoms with Gasteiger partial charge in [0.2, 0.25) is 10.0 Å². The largest absolute Gasteiger partial charge is 0.496 e. The molecule has 2 rings (SSSR count). The topological polar surface area (TPSA) is 55.4 Å². The predicted molar refractivity (Wildman–Crippen MR) is 85.7 cm³/mol. The number of hydrogen-bond donors (Lipinski definition) is 1. The smallest absolute Gasteiger partial charge is 0.250 e. The molecule has 1 heterocycles. The Bertz CT molecular complexity index is 720.